The molecule has 3 rings (SSSR count). The van der Waals surface area contributed by atoms with Crippen molar-refractivity contribution in [3.05, 3.63) is 15.8 Å². The summed E-state index contributed by atoms with van der Waals surface area (Å²) < 4.78 is 19.9. The van der Waals surface area contributed by atoms with Gasteiger partial charge in [0.2, 0.25) is 11.2 Å². The molecule has 3 heterocycles. The number of methoxy groups -OCH3 is 1. The second kappa shape index (κ2) is 8.30. The molecule has 0 unspecified atom stereocenters. The molecule has 0 aromatic carbocycles. The summed E-state index contributed by atoms with van der Waals surface area (Å²) >= 11 is 6.07. The zero-order valence-corrected chi connectivity index (χ0v) is 18.1. The minimum atomic E-state index is -1.21. The fraction of sp³-hybridized carbons (Fsp3) is 0.706. The highest BCUT2D eigenvalue weighted by molar-refractivity contribution is 6.76. The molecule has 150 valence electrons. The van der Waals surface area contributed by atoms with E-state index in [0.29, 0.717) is 31.0 Å². The van der Waals surface area contributed by atoms with Gasteiger partial charge in [-0.05, 0) is 30.5 Å². The zero-order chi connectivity index (χ0) is 19.6. The summed E-state index contributed by atoms with van der Waals surface area (Å²) in [5.74, 6) is 0.279. The Morgan fingerprint density at radius 1 is 1.26 bits per heavy atom. The Morgan fingerprint density at radius 2 is 1.96 bits per heavy atom. The van der Waals surface area contributed by atoms with Crippen LogP contribution >= 0.6 is 11.6 Å². The maximum Gasteiger partial charge on any atom is 0.332 e. The number of rotatable bonds is 7. The quantitative estimate of drug-likeness (QED) is 0.393. The monoisotopic (exact) mass is 414 g/mol. The highest BCUT2D eigenvalue weighted by Gasteiger charge is 2.27. The van der Waals surface area contributed by atoms with Crippen LogP contribution in [0.3, 0.4) is 0 Å². The van der Waals surface area contributed by atoms with E-state index in [2.05, 4.69) is 29.6 Å². The molecule has 0 atom stereocenters. The lowest BCUT2D eigenvalue weighted by atomic mass is 10.1. The molecule has 1 fully saturated rings. The molecule has 0 N–H and O–H groups in total. The van der Waals surface area contributed by atoms with Crippen LogP contribution in [-0.2, 0) is 16.2 Å². The van der Waals surface area contributed by atoms with Gasteiger partial charge in [-0.3, -0.25) is 9.13 Å². The van der Waals surface area contributed by atoms with E-state index < -0.39 is 8.07 Å². The summed E-state index contributed by atoms with van der Waals surface area (Å²) in [6, 6.07) is 1.03. The van der Waals surface area contributed by atoms with E-state index in [4.69, 9.17) is 25.8 Å². The van der Waals surface area contributed by atoms with Crippen molar-refractivity contribution in [3.63, 3.8) is 0 Å². The fourth-order valence-corrected chi connectivity index (χ4v) is 4.10. The lowest BCUT2D eigenvalue weighted by Gasteiger charge is -2.22. The van der Waals surface area contributed by atoms with E-state index in [1.165, 1.54) is 7.11 Å². The number of imidazole rings is 1. The predicted octanol–water partition coefficient (Wildman–Crippen LogP) is 2.92. The molecule has 0 amide bonds. The number of ether oxygens (including phenoxy) is 3. The topological polar surface area (TPSA) is 80.4 Å². The van der Waals surface area contributed by atoms with Crippen LogP contribution in [0, 0.1) is 0 Å². The molecule has 10 heteroatoms. The van der Waals surface area contributed by atoms with Gasteiger partial charge in [-0.1, -0.05) is 19.6 Å². The van der Waals surface area contributed by atoms with Crippen LogP contribution in [0.25, 0.3) is 11.2 Å². The van der Waals surface area contributed by atoms with Crippen LogP contribution in [-0.4, -0.2) is 54.1 Å². The van der Waals surface area contributed by atoms with Crippen molar-refractivity contribution in [1.29, 1.82) is 0 Å². The van der Waals surface area contributed by atoms with Gasteiger partial charge in [-0.15, -0.1) is 0 Å². The molecule has 1 aliphatic rings. The molecule has 27 heavy (non-hydrogen) atoms. The maximum atomic E-state index is 13.2. The molecule has 1 aliphatic heterocycles. The van der Waals surface area contributed by atoms with Gasteiger partial charge in [-0.25, -0.2) is 4.79 Å². The van der Waals surface area contributed by atoms with Crippen LogP contribution in [0.5, 0.6) is 5.88 Å². The Morgan fingerprint density at radius 3 is 2.59 bits per heavy atom. The highest BCUT2D eigenvalue weighted by Crippen LogP contribution is 2.28. The smallest absolute Gasteiger partial charge is 0.332 e. The van der Waals surface area contributed by atoms with Crippen molar-refractivity contribution in [2.45, 2.75) is 51.3 Å². The molecule has 0 saturated carbocycles. The first kappa shape index (κ1) is 20.3. The third-order valence-corrected chi connectivity index (χ3v) is 6.58. The maximum absolute atomic E-state index is 13.2. The molecule has 0 aliphatic carbocycles. The van der Waals surface area contributed by atoms with Crippen LogP contribution in [0.1, 0.15) is 18.9 Å². The van der Waals surface area contributed by atoms with Crippen LogP contribution in [0.4, 0.5) is 0 Å². The van der Waals surface area contributed by atoms with E-state index in [-0.39, 0.29) is 29.6 Å². The predicted molar refractivity (Wildman–Crippen MR) is 107 cm³/mol. The average molecular weight is 415 g/mol. The Hall–Kier alpha value is -1.42. The molecule has 2 aromatic heterocycles. The van der Waals surface area contributed by atoms with E-state index >= 15 is 0 Å². The molecule has 0 radical (unpaired) electrons. The molecular weight excluding hydrogens is 388 g/mol. The number of hydrogen-bond acceptors (Lipinski definition) is 6. The molecule has 1 saturated heterocycles. The van der Waals surface area contributed by atoms with Gasteiger partial charge in [0, 0.05) is 33.9 Å². The molecule has 2 aromatic rings. The van der Waals surface area contributed by atoms with E-state index in [1.54, 1.807) is 9.13 Å². The molecular formula is C17H27ClN4O4Si. The van der Waals surface area contributed by atoms with E-state index in [0.717, 1.165) is 18.9 Å². The third kappa shape index (κ3) is 4.53. The normalized spacial score (nSPS) is 16.2. The molecule has 0 bridgehead atoms. The molecule has 8 nitrogen and oxygen atoms in total. The summed E-state index contributed by atoms with van der Waals surface area (Å²) in [6.07, 6.45) is 1.50. The first-order chi connectivity index (χ1) is 12.8. The first-order valence-electron chi connectivity index (χ1n) is 9.19. The van der Waals surface area contributed by atoms with E-state index in [1.807, 2.05) is 0 Å². The first-order valence-corrected chi connectivity index (χ1v) is 13.3. The summed E-state index contributed by atoms with van der Waals surface area (Å²) in [4.78, 5) is 21.7. The minimum Gasteiger partial charge on any atom is -0.479 e. The Balaban J connectivity index is 2.01. The standard InChI is InChI=1S/C17H27ClN4O4Si/c1-24-15-13-14(19-16(18)20-15)22(12-5-7-25-8-6-12)17(23)21(13)11-26-9-10-27(2,3)4/h12H,5-11H2,1-4H3. The second-order valence-corrected chi connectivity index (χ2v) is 13.9. The minimum absolute atomic E-state index is 0.00709. The third-order valence-electron chi connectivity index (χ3n) is 4.71. The summed E-state index contributed by atoms with van der Waals surface area (Å²) in [5.41, 5.74) is 0.823. The van der Waals surface area contributed by atoms with Crippen molar-refractivity contribution < 1.29 is 14.2 Å². The summed E-state index contributed by atoms with van der Waals surface area (Å²) in [5, 5.41) is 0.0527. The number of aromatic nitrogens is 4. The number of hydrogen-bond donors (Lipinski definition) is 0. The highest BCUT2D eigenvalue weighted by atomic mass is 35.5. The molecule has 0 spiro atoms. The second-order valence-electron chi connectivity index (χ2n) is 7.95. The zero-order valence-electron chi connectivity index (χ0n) is 16.3. The van der Waals surface area contributed by atoms with Crippen LogP contribution in [0.2, 0.25) is 31.0 Å². The SMILES string of the molecule is COc1nc(Cl)nc2c1n(COCC[Si](C)(C)C)c(=O)n2C1CCOCC1. The van der Waals surface area contributed by atoms with Gasteiger partial charge in [0.15, 0.2) is 11.2 Å². The van der Waals surface area contributed by atoms with Gasteiger partial charge in [0.1, 0.15) is 6.73 Å². The number of nitrogens with zero attached hydrogens (tertiary/aromatic N) is 4. The van der Waals surface area contributed by atoms with Gasteiger partial charge in [0.25, 0.3) is 0 Å². The lowest BCUT2D eigenvalue weighted by Crippen LogP contribution is -2.31. The number of halogens is 1. The summed E-state index contributed by atoms with van der Waals surface area (Å²) in [7, 11) is 0.297. The van der Waals surface area contributed by atoms with Crippen molar-refractivity contribution in [2.24, 2.45) is 0 Å². The van der Waals surface area contributed by atoms with Crippen molar-refractivity contribution in [3.8, 4) is 5.88 Å². The van der Waals surface area contributed by atoms with Crippen LogP contribution < -0.4 is 10.4 Å². The van der Waals surface area contributed by atoms with E-state index in [9.17, 15) is 4.79 Å². The van der Waals surface area contributed by atoms with Crippen molar-refractivity contribution in [2.75, 3.05) is 26.9 Å². The number of fused-ring (bicyclic) bond motifs is 1. The average Bonchev–Trinajstić information content (AvgIpc) is 2.89. The van der Waals surface area contributed by atoms with Gasteiger partial charge in [0.05, 0.1) is 7.11 Å². The Labute approximate surface area is 164 Å². The van der Waals surface area contributed by atoms with Gasteiger partial charge < -0.3 is 14.2 Å². The summed E-state index contributed by atoms with van der Waals surface area (Å²) in [6.45, 7) is 8.86. The fourth-order valence-electron chi connectivity index (χ4n) is 3.19. The van der Waals surface area contributed by atoms with Gasteiger partial charge in [-0.2, -0.15) is 9.97 Å². The van der Waals surface area contributed by atoms with Crippen molar-refractivity contribution >= 4 is 30.8 Å². The Bertz CT molecular complexity index is 855. The van der Waals surface area contributed by atoms with Gasteiger partial charge >= 0.3 is 5.69 Å². The van der Waals surface area contributed by atoms with Crippen molar-refractivity contribution in [1.82, 2.24) is 19.1 Å². The lowest BCUT2D eigenvalue weighted by molar-refractivity contribution is 0.0669. The largest absolute Gasteiger partial charge is 0.479 e. The Kier molecular flexibility index (Phi) is 6.24. The van der Waals surface area contributed by atoms with Crippen LogP contribution in [0.15, 0.2) is 4.79 Å².